The SMILES string of the molecule is CCCCOC1NC(N(C=O)CC)=C(C(=O)N(C)CCCO)N1Cc1ccc(Cl)cc1. The standard InChI is InChI=1S/C22H33ClN4O4/c1-4-6-14-31-22-24-20(26(5-2)16-29)19(21(30)25(3)12-7-13-28)27(22)15-17-8-10-18(23)11-9-17/h8-11,16,22,24,28H,4-7,12-15H2,1-3H3. The minimum Gasteiger partial charge on any atom is -0.396 e. The minimum absolute atomic E-state index is 0.00552. The second-order valence-corrected chi connectivity index (χ2v) is 7.80. The molecule has 0 fully saturated rings. The lowest BCUT2D eigenvalue weighted by Gasteiger charge is -2.30. The number of amides is 2. The number of aliphatic hydroxyl groups is 1. The van der Waals surface area contributed by atoms with Gasteiger partial charge in [0.25, 0.3) is 5.91 Å². The van der Waals surface area contributed by atoms with Gasteiger partial charge in [0, 0.05) is 38.3 Å². The maximum Gasteiger partial charge on any atom is 0.273 e. The van der Waals surface area contributed by atoms with E-state index in [9.17, 15) is 9.59 Å². The number of aliphatic hydroxyl groups excluding tert-OH is 1. The average Bonchev–Trinajstić information content (AvgIpc) is 3.11. The molecule has 0 saturated heterocycles. The van der Waals surface area contributed by atoms with Crippen molar-refractivity contribution in [3.8, 4) is 0 Å². The van der Waals surface area contributed by atoms with Crippen molar-refractivity contribution in [2.45, 2.75) is 46.0 Å². The number of carbonyl (C=O) groups excluding carboxylic acids is 2. The number of halogens is 1. The highest BCUT2D eigenvalue weighted by Crippen LogP contribution is 2.27. The van der Waals surface area contributed by atoms with E-state index < -0.39 is 6.35 Å². The molecule has 0 saturated carbocycles. The van der Waals surface area contributed by atoms with Crippen LogP contribution in [0.5, 0.6) is 0 Å². The summed E-state index contributed by atoms with van der Waals surface area (Å²) in [5, 5.41) is 13.0. The van der Waals surface area contributed by atoms with Crippen LogP contribution in [0.2, 0.25) is 5.02 Å². The Morgan fingerprint density at radius 3 is 2.58 bits per heavy atom. The fourth-order valence-corrected chi connectivity index (χ4v) is 3.38. The summed E-state index contributed by atoms with van der Waals surface area (Å²) in [4.78, 5) is 30.0. The van der Waals surface area contributed by atoms with Gasteiger partial charge < -0.3 is 25.0 Å². The molecule has 0 spiro atoms. The van der Waals surface area contributed by atoms with Crippen LogP contribution in [0.1, 0.15) is 38.7 Å². The fraction of sp³-hybridized carbons (Fsp3) is 0.545. The van der Waals surface area contributed by atoms with Gasteiger partial charge in [-0.3, -0.25) is 14.5 Å². The van der Waals surface area contributed by atoms with Gasteiger partial charge in [0.2, 0.25) is 12.8 Å². The van der Waals surface area contributed by atoms with Gasteiger partial charge in [0.15, 0.2) is 0 Å². The smallest absolute Gasteiger partial charge is 0.273 e. The zero-order valence-electron chi connectivity index (χ0n) is 18.5. The van der Waals surface area contributed by atoms with E-state index in [4.69, 9.17) is 21.4 Å². The molecule has 1 heterocycles. The summed E-state index contributed by atoms with van der Waals surface area (Å²) in [5.74, 6) is 0.181. The highest BCUT2D eigenvalue weighted by atomic mass is 35.5. The first-order chi connectivity index (χ1) is 15.0. The molecule has 172 valence electrons. The molecule has 0 radical (unpaired) electrons. The Hall–Kier alpha value is -2.29. The topological polar surface area (TPSA) is 85.3 Å². The molecular formula is C22H33ClN4O4. The van der Waals surface area contributed by atoms with E-state index in [0.717, 1.165) is 18.4 Å². The number of ether oxygens (including phenoxy) is 1. The fourth-order valence-electron chi connectivity index (χ4n) is 3.25. The Balaban J connectivity index is 2.43. The first-order valence-electron chi connectivity index (χ1n) is 10.7. The van der Waals surface area contributed by atoms with Gasteiger partial charge in [-0.1, -0.05) is 37.1 Å². The summed E-state index contributed by atoms with van der Waals surface area (Å²) in [5.41, 5.74) is 1.32. The van der Waals surface area contributed by atoms with Gasteiger partial charge in [-0.15, -0.1) is 0 Å². The highest BCUT2D eigenvalue weighted by molar-refractivity contribution is 6.30. The lowest BCUT2D eigenvalue weighted by Crippen LogP contribution is -2.43. The number of hydrogen-bond donors (Lipinski definition) is 2. The molecule has 1 aromatic carbocycles. The van der Waals surface area contributed by atoms with E-state index in [1.807, 2.05) is 24.0 Å². The Kier molecular flexibility index (Phi) is 10.1. The molecule has 0 aromatic heterocycles. The molecule has 31 heavy (non-hydrogen) atoms. The van der Waals surface area contributed by atoms with E-state index in [2.05, 4.69) is 12.2 Å². The van der Waals surface area contributed by atoms with Gasteiger partial charge in [-0.25, -0.2) is 0 Å². The zero-order chi connectivity index (χ0) is 22.8. The van der Waals surface area contributed by atoms with Gasteiger partial charge in [-0.2, -0.15) is 0 Å². The normalized spacial score (nSPS) is 15.8. The second-order valence-electron chi connectivity index (χ2n) is 7.37. The van der Waals surface area contributed by atoms with Crippen molar-refractivity contribution in [2.24, 2.45) is 0 Å². The molecule has 9 heteroatoms. The largest absolute Gasteiger partial charge is 0.396 e. The number of hydrogen-bond acceptors (Lipinski definition) is 6. The number of rotatable bonds is 13. The lowest BCUT2D eigenvalue weighted by atomic mass is 10.2. The van der Waals surface area contributed by atoms with E-state index in [0.29, 0.717) is 55.6 Å². The number of nitrogens with one attached hydrogen (secondary N) is 1. The third-order valence-electron chi connectivity index (χ3n) is 5.05. The first kappa shape index (κ1) is 25.0. The minimum atomic E-state index is -0.587. The maximum absolute atomic E-state index is 13.4. The first-order valence-corrected chi connectivity index (χ1v) is 11.1. The summed E-state index contributed by atoms with van der Waals surface area (Å²) in [6, 6.07) is 7.41. The zero-order valence-corrected chi connectivity index (χ0v) is 19.3. The number of benzene rings is 1. The molecule has 0 bridgehead atoms. The Morgan fingerprint density at radius 1 is 1.29 bits per heavy atom. The second kappa shape index (κ2) is 12.5. The highest BCUT2D eigenvalue weighted by Gasteiger charge is 2.39. The van der Waals surface area contributed by atoms with Crippen LogP contribution in [0.25, 0.3) is 0 Å². The van der Waals surface area contributed by atoms with Crippen LogP contribution in [0.15, 0.2) is 35.8 Å². The van der Waals surface area contributed by atoms with Gasteiger partial charge in [-0.05, 0) is 37.5 Å². The van der Waals surface area contributed by atoms with Crippen molar-refractivity contribution in [1.82, 2.24) is 20.0 Å². The molecule has 1 aromatic rings. The van der Waals surface area contributed by atoms with Crippen LogP contribution in [0.4, 0.5) is 0 Å². The molecule has 0 aliphatic carbocycles. The molecule has 1 atom stereocenters. The van der Waals surface area contributed by atoms with Crippen molar-refractivity contribution < 1.29 is 19.4 Å². The Labute approximate surface area is 189 Å². The van der Waals surface area contributed by atoms with Crippen molar-refractivity contribution in [1.29, 1.82) is 0 Å². The van der Waals surface area contributed by atoms with Crippen molar-refractivity contribution >= 4 is 23.9 Å². The molecule has 8 nitrogen and oxygen atoms in total. The quantitative estimate of drug-likeness (QED) is 0.353. The third-order valence-corrected chi connectivity index (χ3v) is 5.30. The van der Waals surface area contributed by atoms with Crippen molar-refractivity contribution in [3.05, 3.63) is 46.4 Å². The summed E-state index contributed by atoms with van der Waals surface area (Å²) >= 11 is 6.03. The van der Waals surface area contributed by atoms with Crippen LogP contribution in [0, 0.1) is 0 Å². The summed E-state index contributed by atoms with van der Waals surface area (Å²) in [6.45, 7) is 5.64. The van der Waals surface area contributed by atoms with Gasteiger partial charge in [0.1, 0.15) is 11.5 Å². The van der Waals surface area contributed by atoms with Crippen molar-refractivity contribution in [2.75, 3.05) is 33.4 Å². The number of nitrogens with zero attached hydrogens (tertiary/aromatic N) is 3. The molecule has 1 aliphatic heterocycles. The monoisotopic (exact) mass is 452 g/mol. The number of carbonyl (C=O) groups is 2. The van der Waals surface area contributed by atoms with E-state index in [-0.39, 0.29) is 12.5 Å². The molecular weight excluding hydrogens is 420 g/mol. The summed E-state index contributed by atoms with van der Waals surface area (Å²) < 4.78 is 6.06. The average molecular weight is 453 g/mol. The third kappa shape index (κ3) is 6.59. The van der Waals surface area contributed by atoms with E-state index in [1.54, 1.807) is 24.1 Å². The predicted octanol–water partition coefficient (Wildman–Crippen LogP) is 2.33. The Morgan fingerprint density at radius 2 is 2.00 bits per heavy atom. The van der Waals surface area contributed by atoms with Crippen LogP contribution in [0.3, 0.4) is 0 Å². The van der Waals surface area contributed by atoms with Crippen LogP contribution < -0.4 is 5.32 Å². The lowest BCUT2D eigenvalue weighted by molar-refractivity contribution is -0.130. The van der Waals surface area contributed by atoms with E-state index in [1.165, 1.54) is 4.90 Å². The number of likely N-dealkylation sites (N-methyl/N-ethyl adjacent to an activating group) is 1. The Bertz CT molecular complexity index is 756. The molecule has 2 amide bonds. The van der Waals surface area contributed by atoms with Crippen LogP contribution >= 0.6 is 11.6 Å². The molecule has 2 rings (SSSR count). The predicted molar refractivity (Wildman–Crippen MR) is 120 cm³/mol. The van der Waals surface area contributed by atoms with Crippen LogP contribution in [-0.4, -0.2) is 71.8 Å². The number of unbranched alkanes of at least 4 members (excludes halogenated alkanes) is 1. The van der Waals surface area contributed by atoms with E-state index >= 15 is 0 Å². The maximum atomic E-state index is 13.4. The molecule has 2 N–H and O–H groups in total. The van der Waals surface area contributed by atoms with Crippen molar-refractivity contribution in [3.63, 3.8) is 0 Å². The molecule has 1 unspecified atom stereocenters. The van der Waals surface area contributed by atoms with Gasteiger partial charge in [0.05, 0.1) is 6.61 Å². The summed E-state index contributed by atoms with van der Waals surface area (Å²) in [7, 11) is 1.69. The summed E-state index contributed by atoms with van der Waals surface area (Å²) in [6.07, 6.45) is 2.45. The van der Waals surface area contributed by atoms with Crippen LogP contribution in [-0.2, 0) is 20.9 Å². The molecule has 1 aliphatic rings. The van der Waals surface area contributed by atoms with Gasteiger partial charge >= 0.3 is 0 Å².